The number of hydrogen-bond donors (Lipinski definition) is 1. The number of piperazine rings is 1. The number of ether oxygens (including phenoxy) is 2. The molecular formula is C20H33ClN4O4. The second-order valence-electron chi connectivity index (χ2n) is 8.13. The van der Waals surface area contributed by atoms with Gasteiger partial charge >= 0.3 is 6.09 Å². The first-order valence-corrected chi connectivity index (χ1v) is 10.4. The Morgan fingerprint density at radius 2 is 2.00 bits per heavy atom. The highest BCUT2D eigenvalue weighted by Crippen LogP contribution is 2.28. The fourth-order valence-electron chi connectivity index (χ4n) is 2.89. The van der Waals surface area contributed by atoms with E-state index in [0.29, 0.717) is 30.3 Å². The van der Waals surface area contributed by atoms with Crippen molar-refractivity contribution in [2.24, 2.45) is 0 Å². The fourth-order valence-corrected chi connectivity index (χ4v) is 3.16. The van der Waals surface area contributed by atoms with Crippen molar-refractivity contribution in [3.05, 3.63) is 17.3 Å². The summed E-state index contributed by atoms with van der Waals surface area (Å²) in [5.74, 6) is 1.36. The highest BCUT2D eigenvalue weighted by molar-refractivity contribution is 6.33. The zero-order valence-corrected chi connectivity index (χ0v) is 18.6. The van der Waals surface area contributed by atoms with Crippen molar-refractivity contribution in [2.75, 3.05) is 64.4 Å². The Morgan fingerprint density at radius 1 is 1.31 bits per heavy atom. The van der Waals surface area contributed by atoms with E-state index in [-0.39, 0.29) is 12.7 Å². The maximum absolute atomic E-state index is 12.0. The number of rotatable bonds is 8. The molecule has 0 bridgehead atoms. The highest BCUT2D eigenvalue weighted by Gasteiger charge is 2.23. The molecule has 9 heteroatoms. The molecule has 8 nitrogen and oxygen atoms in total. The smallest absolute Gasteiger partial charge is 0.410 e. The van der Waals surface area contributed by atoms with Crippen molar-refractivity contribution in [1.82, 2.24) is 14.8 Å². The highest BCUT2D eigenvalue weighted by atomic mass is 35.5. The Morgan fingerprint density at radius 3 is 2.59 bits per heavy atom. The van der Waals surface area contributed by atoms with Gasteiger partial charge in [-0.1, -0.05) is 11.6 Å². The predicted molar refractivity (Wildman–Crippen MR) is 114 cm³/mol. The van der Waals surface area contributed by atoms with Gasteiger partial charge in [-0.15, -0.1) is 0 Å². The van der Waals surface area contributed by atoms with E-state index in [2.05, 4.69) is 14.8 Å². The largest absolute Gasteiger partial charge is 0.492 e. The molecule has 1 aliphatic rings. The summed E-state index contributed by atoms with van der Waals surface area (Å²) in [6.07, 6.45) is 1.94. The lowest BCUT2D eigenvalue weighted by atomic mass is 10.2. The minimum Gasteiger partial charge on any atom is -0.492 e. The zero-order chi connectivity index (χ0) is 21.4. The Bertz CT molecular complexity index is 660. The number of amides is 1. The third-order valence-corrected chi connectivity index (χ3v) is 4.77. The molecule has 0 atom stereocenters. The molecule has 1 fully saturated rings. The molecule has 0 radical (unpaired) electrons. The SMILES string of the molecule is CN(CCN1CCN(c2ncc(OCCCO)cc2Cl)CC1)C(=O)OC(C)(C)C. The summed E-state index contributed by atoms with van der Waals surface area (Å²) in [7, 11) is 1.76. The lowest BCUT2D eigenvalue weighted by Gasteiger charge is -2.36. The number of pyridine rings is 1. The van der Waals surface area contributed by atoms with Gasteiger partial charge in [-0.2, -0.15) is 0 Å². The number of halogens is 1. The minimum atomic E-state index is -0.483. The Hall–Kier alpha value is -1.77. The maximum Gasteiger partial charge on any atom is 0.410 e. The van der Waals surface area contributed by atoms with Crippen molar-refractivity contribution >= 4 is 23.5 Å². The van der Waals surface area contributed by atoms with Crippen LogP contribution in [0.5, 0.6) is 5.75 Å². The van der Waals surface area contributed by atoms with Crippen LogP contribution in [0, 0.1) is 0 Å². The third kappa shape index (κ3) is 7.87. The maximum atomic E-state index is 12.0. The van der Waals surface area contributed by atoms with Crippen LogP contribution >= 0.6 is 11.6 Å². The van der Waals surface area contributed by atoms with Crippen molar-refractivity contribution in [1.29, 1.82) is 0 Å². The Labute approximate surface area is 178 Å². The average molecular weight is 429 g/mol. The molecule has 164 valence electrons. The molecule has 1 aromatic heterocycles. The fraction of sp³-hybridized carbons (Fsp3) is 0.700. The Kier molecular flexibility index (Phi) is 8.79. The van der Waals surface area contributed by atoms with Crippen LogP contribution in [0.4, 0.5) is 10.6 Å². The van der Waals surface area contributed by atoms with E-state index in [0.717, 1.165) is 38.5 Å². The number of carbonyl (C=O) groups excluding carboxylic acids is 1. The van der Waals surface area contributed by atoms with Crippen molar-refractivity contribution in [3.8, 4) is 5.75 Å². The van der Waals surface area contributed by atoms with E-state index in [1.807, 2.05) is 20.8 Å². The summed E-state index contributed by atoms with van der Waals surface area (Å²) >= 11 is 6.40. The summed E-state index contributed by atoms with van der Waals surface area (Å²) in [6, 6.07) is 1.77. The molecule has 0 spiro atoms. The number of carbonyl (C=O) groups is 1. The van der Waals surface area contributed by atoms with Gasteiger partial charge < -0.3 is 24.4 Å². The molecule has 1 amide bonds. The lowest BCUT2D eigenvalue weighted by molar-refractivity contribution is 0.0282. The zero-order valence-electron chi connectivity index (χ0n) is 17.9. The molecular weight excluding hydrogens is 396 g/mol. The van der Waals surface area contributed by atoms with Crippen molar-refractivity contribution in [3.63, 3.8) is 0 Å². The van der Waals surface area contributed by atoms with Gasteiger partial charge in [-0.25, -0.2) is 9.78 Å². The van der Waals surface area contributed by atoms with Gasteiger partial charge in [0, 0.05) is 65.4 Å². The number of hydrogen-bond acceptors (Lipinski definition) is 7. The van der Waals surface area contributed by atoms with Crippen molar-refractivity contribution < 1.29 is 19.4 Å². The molecule has 0 saturated carbocycles. The van der Waals surface area contributed by atoms with Gasteiger partial charge in [-0.05, 0) is 20.8 Å². The van der Waals surface area contributed by atoms with Crippen LogP contribution in [0.3, 0.4) is 0 Å². The molecule has 29 heavy (non-hydrogen) atoms. The van der Waals surface area contributed by atoms with Gasteiger partial charge in [0.2, 0.25) is 0 Å². The number of nitrogens with zero attached hydrogens (tertiary/aromatic N) is 4. The molecule has 0 aliphatic carbocycles. The molecule has 1 N–H and O–H groups in total. The quantitative estimate of drug-likeness (QED) is 0.637. The number of likely N-dealkylation sites (N-methyl/N-ethyl adjacent to an activating group) is 1. The normalized spacial score (nSPS) is 15.3. The molecule has 1 aliphatic heterocycles. The van der Waals surface area contributed by atoms with Crippen LogP contribution in [0.25, 0.3) is 0 Å². The molecule has 1 aromatic rings. The van der Waals surface area contributed by atoms with Gasteiger partial charge in [0.1, 0.15) is 17.2 Å². The second-order valence-corrected chi connectivity index (χ2v) is 8.54. The predicted octanol–water partition coefficient (Wildman–Crippen LogP) is 2.49. The Balaban J connectivity index is 1.78. The van der Waals surface area contributed by atoms with E-state index < -0.39 is 5.60 Å². The van der Waals surface area contributed by atoms with Crippen LogP contribution in [0.1, 0.15) is 27.2 Å². The molecule has 2 heterocycles. The van der Waals surface area contributed by atoms with Crippen LogP contribution in [0.2, 0.25) is 5.02 Å². The van der Waals surface area contributed by atoms with Crippen LogP contribution in [-0.4, -0.2) is 91.1 Å². The molecule has 2 rings (SSSR count). The van der Waals surface area contributed by atoms with Gasteiger partial charge in [0.05, 0.1) is 17.8 Å². The van der Waals surface area contributed by atoms with E-state index >= 15 is 0 Å². The van der Waals surface area contributed by atoms with Crippen LogP contribution in [-0.2, 0) is 4.74 Å². The molecule has 0 aromatic carbocycles. The first kappa shape index (κ1) is 23.5. The van der Waals surface area contributed by atoms with Gasteiger partial charge in [0.15, 0.2) is 0 Å². The van der Waals surface area contributed by atoms with Crippen molar-refractivity contribution in [2.45, 2.75) is 32.8 Å². The van der Waals surface area contributed by atoms with Crippen LogP contribution < -0.4 is 9.64 Å². The number of aromatic nitrogens is 1. The minimum absolute atomic E-state index is 0.0943. The number of aliphatic hydroxyl groups excluding tert-OH is 1. The number of aliphatic hydroxyl groups is 1. The van der Waals surface area contributed by atoms with E-state index in [9.17, 15) is 4.79 Å². The lowest BCUT2D eigenvalue weighted by Crippen LogP contribution is -2.49. The summed E-state index contributed by atoms with van der Waals surface area (Å²) < 4.78 is 10.9. The van der Waals surface area contributed by atoms with Gasteiger partial charge in [0.25, 0.3) is 0 Å². The summed E-state index contributed by atoms with van der Waals surface area (Å²) in [6.45, 7) is 10.9. The van der Waals surface area contributed by atoms with Crippen LogP contribution in [0.15, 0.2) is 12.3 Å². The summed E-state index contributed by atoms with van der Waals surface area (Å²) in [4.78, 5) is 22.6. The number of anilines is 1. The monoisotopic (exact) mass is 428 g/mol. The first-order chi connectivity index (χ1) is 13.7. The van der Waals surface area contributed by atoms with E-state index in [1.165, 1.54) is 0 Å². The molecule has 0 unspecified atom stereocenters. The second kappa shape index (κ2) is 10.8. The van der Waals surface area contributed by atoms with E-state index in [1.54, 1.807) is 24.2 Å². The third-order valence-electron chi connectivity index (χ3n) is 4.50. The standard InChI is InChI=1S/C20H33ClN4O4/c1-20(2,3)29-19(27)23(4)6-7-24-8-10-25(11-9-24)18-17(21)14-16(15-22-18)28-13-5-12-26/h14-15,26H,5-13H2,1-4H3. The average Bonchev–Trinajstić information content (AvgIpc) is 2.65. The summed E-state index contributed by atoms with van der Waals surface area (Å²) in [5, 5.41) is 9.38. The molecule has 1 saturated heterocycles. The topological polar surface area (TPSA) is 78.4 Å². The van der Waals surface area contributed by atoms with Gasteiger partial charge in [-0.3, -0.25) is 4.90 Å². The summed E-state index contributed by atoms with van der Waals surface area (Å²) in [5.41, 5.74) is -0.483. The first-order valence-electron chi connectivity index (χ1n) is 10.0. The van der Waals surface area contributed by atoms with E-state index in [4.69, 9.17) is 26.2 Å².